The molecule has 1 unspecified atom stereocenters. The van der Waals surface area contributed by atoms with E-state index in [9.17, 15) is 4.79 Å². The summed E-state index contributed by atoms with van der Waals surface area (Å²) in [6.45, 7) is 0. The van der Waals surface area contributed by atoms with Gasteiger partial charge in [0.1, 0.15) is 5.71 Å². The van der Waals surface area contributed by atoms with Crippen LogP contribution in [0.4, 0.5) is 0 Å². The van der Waals surface area contributed by atoms with Crippen LogP contribution in [0.3, 0.4) is 0 Å². The van der Waals surface area contributed by atoms with Crippen molar-refractivity contribution in [2.75, 3.05) is 0 Å². The molecule has 0 saturated carbocycles. The Morgan fingerprint density at radius 2 is 2.62 bits per heavy atom. The highest BCUT2D eigenvalue weighted by molar-refractivity contribution is 7.12. The molecule has 0 amide bonds. The van der Waals surface area contributed by atoms with Crippen LogP contribution in [-0.4, -0.2) is 22.9 Å². The van der Waals surface area contributed by atoms with Gasteiger partial charge in [-0.25, -0.2) is 4.79 Å². The molecular weight excluding hydrogens is 190 g/mol. The quantitative estimate of drug-likeness (QED) is 0.778. The van der Waals surface area contributed by atoms with Crippen LogP contribution in [0, 0.1) is 0 Å². The van der Waals surface area contributed by atoms with Gasteiger partial charge in [-0.15, -0.1) is 11.3 Å². The van der Waals surface area contributed by atoms with E-state index in [4.69, 9.17) is 9.94 Å². The molecule has 5 heteroatoms. The van der Waals surface area contributed by atoms with Crippen LogP contribution in [0.25, 0.3) is 0 Å². The van der Waals surface area contributed by atoms with E-state index >= 15 is 0 Å². The average molecular weight is 197 g/mol. The SMILES string of the molecule is O=C(O)C1CC(c2cccs2)=NO1. The number of hydrogen-bond donors (Lipinski definition) is 1. The number of nitrogens with zero attached hydrogens (tertiary/aromatic N) is 1. The maximum absolute atomic E-state index is 10.5. The number of aliphatic carboxylic acids is 1. The lowest BCUT2D eigenvalue weighted by Gasteiger charge is -1.98. The first kappa shape index (κ1) is 8.25. The van der Waals surface area contributed by atoms with Crippen LogP contribution >= 0.6 is 11.3 Å². The first-order valence-corrected chi connectivity index (χ1v) is 4.64. The topological polar surface area (TPSA) is 58.9 Å². The number of thiophene rings is 1. The van der Waals surface area contributed by atoms with E-state index < -0.39 is 12.1 Å². The highest BCUT2D eigenvalue weighted by Gasteiger charge is 2.28. The predicted molar refractivity (Wildman–Crippen MR) is 48.0 cm³/mol. The Morgan fingerprint density at radius 3 is 3.15 bits per heavy atom. The minimum absolute atomic E-state index is 0.357. The molecule has 1 aromatic rings. The lowest BCUT2D eigenvalue weighted by molar-refractivity contribution is -0.148. The van der Waals surface area contributed by atoms with Crippen molar-refractivity contribution in [1.82, 2.24) is 0 Å². The van der Waals surface area contributed by atoms with Gasteiger partial charge in [0.25, 0.3) is 0 Å². The van der Waals surface area contributed by atoms with Gasteiger partial charge in [-0.05, 0) is 11.4 Å². The number of oxime groups is 1. The van der Waals surface area contributed by atoms with Gasteiger partial charge in [0, 0.05) is 6.42 Å². The Balaban J connectivity index is 2.10. The van der Waals surface area contributed by atoms with E-state index in [0.717, 1.165) is 10.6 Å². The third-order valence-electron chi connectivity index (χ3n) is 1.75. The summed E-state index contributed by atoms with van der Waals surface area (Å²) in [6, 6.07) is 3.80. The monoisotopic (exact) mass is 197 g/mol. The van der Waals surface area contributed by atoms with Crippen molar-refractivity contribution < 1.29 is 14.7 Å². The van der Waals surface area contributed by atoms with Gasteiger partial charge >= 0.3 is 5.97 Å². The normalized spacial score (nSPS) is 20.9. The lowest BCUT2D eigenvalue weighted by atomic mass is 10.1. The van der Waals surface area contributed by atoms with Gasteiger partial charge in [-0.1, -0.05) is 11.2 Å². The van der Waals surface area contributed by atoms with Crippen molar-refractivity contribution in [3.8, 4) is 0 Å². The molecule has 0 fully saturated rings. The molecule has 13 heavy (non-hydrogen) atoms. The highest BCUT2D eigenvalue weighted by Crippen LogP contribution is 2.19. The first-order chi connectivity index (χ1) is 6.27. The van der Waals surface area contributed by atoms with Crippen molar-refractivity contribution in [2.45, 2.75) is 12.5 Å². The average Bonchev–Trinajstić information content (AvgIpc) is 2.75. The Morgan fingerprint density at radius 1 is 1.77 bits per heavy atom. The van der Waals surface area contributed by atoms with Crippen molar-refractivity contribution in [1.29, 1.82) is 0 Å². The van der Waals surface area contributed by atoms with E-state index in [1.165, 1.54) is 11.3 Å². The standard InChI is InChI=1S/C8H7NO3S/c10-8(11)6-4-5(9-12-6)7-2-1-3-13-7/h1-3,6H,4H2,(H,10,11). The van der Waals surface area contributed by atoms with Gasteiger partial charge in [-0.3, -0.25) is 0 Å². The molecular formula is C8H7NO3S. The van der Waals surface area contributed by atoms with Crippen LogP contribution in [0.5, 0.6) is 0 Å². The zero-order valence-electron chi connectivity index (χ0n) is 6.64. The highest BCUT2D eigenvalue weighted by atomic mass is 32.1. The Kier molecular flexibility index (Phi) is 2.02. The second-order valence-corrected chi connectivity index (χ2v) is 3.60. The number of rotatable bonds is 2. The maximum atomic E-state index is 10.5. The van der Waals surface area contributed by atoms with E-state index in [-0.39, 0.29) is 0 Å². The Hall–Kier alpha value is -1.36. The minimum Gasteiger partial charge on any atom is -0.478 e. The van der Waals surface area contributed by atoms with Crippen molar-refractivity contribution in [3.05, 3.63) is 22.4 Å². The summed E-state index contributed by atoms with van der Waals surface area (Å²) in [5.41, 5.74) is 0.724. The maximum Gasteiger partial charge on any atom is 0.348 e. The molecule has 0 spiro atoms. The summed E-state index contributed by atoms with van der Waals surface area (Å²) >= 11 is 1.53. The third kappa shape index (κ3) is 1.55. The van der Waals surface area contributed by atoms with Gasteiger partial charge in [0.15, 0.2) is 0 Å². The largest absolute Gasteiger partial charge is 0.478 e. The molecule has 0 saturated heterocycles. The van der Waals surface area contributed by atoms with Crippen molar-refractivity contribution in [3.63, 3.8) is 0 Å². The molecule has 1 aromatic heterocycles. The second kappa shape index (κ2) is 3.18. The molecule has 68 valence electrons. The number of carbonyl (C=O) groups is 1. The molecule has 1 aliphatic rings. The first-order valence-electron chi connectivity index (χ1n) is 3.77. The molecule has 0 radical (unpaired) electrons. The van der Waals surface area contributed by atoms with E-state index in [1.807, 2.05) is 17.5 Å². The van der Waals surface area contributed by atoms with Crippen LogP contribution in [0.15, 0.2) is 22.7 Å². The van der Waals surface area contributed by atoms with Crippen molar-refractivity contribution >= 4 is 23.0 Å². The molecule has 2 heterocycles. The minimum atomic E-state index is -0.963. The van der Waals surface area contributed by atoms with E-state index in [0.29, 0.717) is 6.42 Å². The van der Waals surface area contributed by atoms with Gasteiger partial charge in [0.05, 0.1) is 4.88 Å². The van der Waals surface area contributed by atoms with Gasteiger partial charge in [0.2, 0.25) is 6.10 Å². The Bertz CT molecular complexity index is 344. The van der Waals surface area contributed by atoms with Crippen molar-refractivity contribution in [2.24, 2.45) is 5.16 Å². The number of carboxylic acids is 1. The molecule has 0 aromatic carbocycles. The molecule has 4 nitrogen and oxygen atoms in total. The number of hydrogen-bond acceptors (Lipinski definition) is 4. The summed E-state index contributed by atoms with van der Waals surface area (Å²) in [6.07, 6.45) is -0.451. The van der Waals surface area contributed by atoms with Crippen LogP contribution in [-0.2, 0) is 9.63 Å². The summed E-state index contributed by atoms with van der Waals surface area (Å²) in [5.74, 6) is -0.963. The summed E-state index contributed by atoms with van der Waals surface area (Å²) in [7, 11) is 0. The summed E-state index contributed by atoms with van der Waals surface area (Å²) in [4.78, 5) is 16.2. The van der Waals surface area contributed by atoms with E-state index in [1.54, 1.807) is 0 Å². The molecule has 2 rings (SSSR count). The van der Waals surface area contributed by atoms with Gasteiger partial charge in [-0.2, -0.15) is 0 Å². The fourth-order valence-corrected chi connectivity index (χ4v) is 1.82. The third-order valence-corrected chi connectivity index (χ3v) is 2.67. The molecule has 0 bridgehead atoms. The van der Waals surface area contributed by atoms with Crippen LogP contribution in [0.1, 0.15) is 11.3 Å². The van der Waals surface area contributed by atoms with Crippen LogP contribution < -0.4 is 0 Å². The number of carboxylic acid groups (broad SMARTS) is 1. The molecule has 1 atom stereocenters. The Labute approximate surface area is 78.4 Å². The molecule has 0 aliphatic carbocycles. The summed E-state index contributed by atoms with van der Waals surface area (Å²) in [5, 5.41) is 14.3. The van der Waals surface area contributed by atoms with E-state index in [2.05, 4.69) is 5.16 Å². The second-order valence-electron chi connectivity index (χ2n) is 2.65. The lowest BCUT2D eigenvalue weighted by Crippen LogP contribution is -2.19. The van der Waals surface area contributed by atoms with Gasteiger partial charge < -0.3 is 9.94 Å². The van der Waals surface area contributed by atoms with Crippen LogP contribution in [0.2, 0.25) is 0 Å². The molecule has 1 aliphatic heterocycles. The predicted octanol–water partition coefficient (Wildman–Crippen LogP) is 1.33. The fraction of sp³-hybridized carbons (Fsp3) is 0.250. The smallest absolute Gasteiger partial charge is 0.348 e. The fourth-order valence-electron chi connectivity index (χ4n) is 1.10. The zero-order valence-corrected chi connectivity index (χ0v) is 7.45. The molecule has 1 N–H and O–H groups in total. The summed E-state index contributed by atoms with van der Waals surface area (Å²) < 4.78 is 0. The zero-order chi connectivity index (χ0) is 9.26.